The van der Waals surface area contributed by atoms with Crippen LogP contribution in [0.1, 0.15) is 58.4 Å². The van der Waals surface area contributed by atoms with Gasteiger partial charge in [0.05, 0.1) is 13.7 Å². The van der Waals surface area contributed by atoms with Crippen LogP contribution in [0.5, 0.6) is 11.5 Å². The molecule has 138 valence electrons. The summed E-state index contributed by atoms with van der Waals surface area (Å²) < 4.78 is 11.1. The molecule has 4 heteroatoms. The molecule has 0 spiro atoms. The number of carbonyl (C=O) groups is 1. The van der Waals surface area contributed by atoms with Gasteiger partial charge < -0.3 is 14.4 Å². The minimum absolute atomic E-state index is 0.0900. The van der Waals surface area contributed by atoms with Crippen LogP contribution in [0.3, 0.4) is 0 Å². The van der Waals surface area contributed by atoms with E-state index in [0.717, 1.165) is 30.6 Å². The number of benzene rings is 1. The second kappa shape index (κ2) is 9.50. The lowest BCUT2D eigenvalue weighted by Gasteiger charge is -2.31. The molecule has 0 radical (unpaired) electrons. The Bertz CT molecular complexity index is 589. The summed E-state index contributed by atoms with van der Waals surface area (Å²) >= 11 is 0. The van der Waals surface area contributed by atoms with Crippen LogP contribution in [-0.4, -0.2) is 36.6 Å². The molecule has 0 aliphatic heterocycles. The van der Waals surface area contributed by atoms with Gasteiger partial charge in [-0.3, -0.25) is 4.79 Å². The molecule has 0 bridgehead atoms. The Kier molecular flexibility index (Phi) is 7.35. The van der Waals surface area contributed by atoms with Gasteiger partial charge >= 0.3 is 0 Å². The van der Waals surface area contributed by atoms with E-state index < -0.39 is 0 Å². The molecule has 1 saturated carbocycles. The highest BCUT2D eigenvalue weighted by Crippen LogP contribution is 2.29. The highest BCUT2D eigenvalue weighted by Gasteiger charge is 2.27. The number of hydrogen-bond donors (Lipinski definition) is 0. The predicted molar refractivity (Wildman–Crippen MR) is 102 cm³/mol. The second-order valence-electron chi connectivity index (χ2n) is 6.87. The Hall–Kier alpha value is -1.97. The van der Waals surface area contributed by atoms with Gasteiger partial charge in [-0.15, -0.1) is 0 Å². The maximum absolute atomic E-state index is 12.7. The molecule has 1 aliphatic carbocycles. The maximum Gasteiger partial charge on any atom is 0.247 e. The number of carbonyl (C=O) groups excluding carboxylic acids is 1. The number of amides is 1. The zero-order chi connectivity index (χ0) is 18.2. The summed E-state index contributed by atoms with van der Waals surface area (Å²) in [7, 11) is 1.63. The van der Waals surface area contributed by atoms with Crippen LogP contribution in [-0.2, 0) is 4.79 Å². The fourth-order valence-electron chi connectivity index (χ4n) is 3.41. The number of methoxy groups -OCH3 is 1. The summed E-state index contributed by atoms with van der Waals surface area (Å²) in [5.41, 5.74) is 0.934. The van der Waals surface area contributed by atoms with Crippen molar-refractivity contribution in [3.63, 3.8) is 0 Å². The molecular weight excluding hydrogens is 314 g/mol. The first-order valence-corrected chi connectivity index (χ1v) is 9.38. The van der Waals surface area contributed by atoms with Crippen molar-refractivity contribution in [2.75, 3.05) is 13.7 Å². The standard InChI is InChI=1S/C21H31NO3/c1-5-14-25-19-12-10-17(15-20(19)24-4)11-13-21(23)22(16(2)3)18-8-6-7-9-18/h10-13,15-16,18H,5-9,14H2,1-4H3/b13-11+. The quantitative estimate of drug-likeness (QED) is 0.642. The van der Waals surface area contributed by atoms with Crippen LogP contribution in [0.2, 0.25) is 0 Å². The first-order chi connectivity index (χ1) is 12.1. The van der Waals surface area contributed by atoms with Crippen LogP contribution in [0.25, 0.3) is 6.08 Å². The fraction of sp³-hybridized carbons (Fsp3) is 0.571. The molecule has 0 atom stereocenters. The first kappa shape index (κ1) is 19.4. The number of ether oxygens (including phenoxy) is 2. The van der Waals surface area contributed by atoms with Gasteiger partial charge in [0.2, 0.25) is 5.91 Å². The number of nitrogens with zero attached hydrogens (tertiary/aromatic N) is 1. The third kappa shape index (κ3) is 5.25. The molecule has 4 nitrogen and oxygen atoms in total. The van der Waals surface area contributed by atoms with E-state index in [1.165, 1.54) is 12.8 Å². The lowest BCUT2D eigenvalue weighted by molar-refractivity contribution is -0.130. The van der Waals surface area contributed by atoms with Gasteiger partial charge in [0, 0.05) is 18.2 Å². The zero-order valence-corrected chi connectivity index (χ0v) is 16.0. The van der Waals surface area contributed by atoms with Crippen molar-refractivity contribution < 1.29 is 14.3 Å². The van der Waals surface area contributed by atoms with Crippen LogP contribution >= 0.6 is 0 Å². The van der Waals surface area contributed by atoms with Gasteiger partial charge in [0.15, 0.2) is 11.5 Å². The maximum atomic E-state index is 12.7. The van der Waals surface area contributed by atoms with Crippen LogP contribution in [0.15, 0.2) is 24.3 Å². The smallest absolute Gasteiger partial charge is 0.247 e. The average molecular weight is 345 g/mol. The molecule has 1 fully saturated rings. The van der Waals surface area contributed by atoms with Crippen molar-refractivity contribution in [2.24, 2.45) is 0 Å². The summed E-state index contributed by atoms with van der Waals surface area (Å²) in [6, 6.07) is 6.36. The molecule has 2 rings (SSSR count). The van der Waals surface area contributed by atoms with Gasteiger partial charge in [-0.05, 0) is 56.9 Å². The second-order valence-corrected chi connectivity index (χ2v) is 6.87. The Morgan fingerprint density at radius 3 is 2.60 bits per heavy atom. The van der Waals surface area contributed by atoms with Gasteiger partial charge in [-0.25, -0.2) is 0 Å². The minimum Gasteiger partial charge on any atom is -0.493 e. The molecule has 0 saturated heterocycles. The third-order valence-electron chi connectivity index (χ3n) is 4.60. The largest absolute Gasteiger partial charge is 0.493 e. The molecule has 0 heterocycles. The van der Waals surface area contributed by atoms with Crippen LogP contribution < -0.4 is 9.47 Å². The Morgan fingerprint density at radius 1 is 1.28 bits per heavy atom. The highest BCUT2D eigenvalue weighted by molar-refractivity contribution is 5.92. The van der Waals surface area contributed by atoms with Crippen molar-refractivity contribution in [2.45, 2.75) is 65.0 Å². The third-order valence-corrected chi connectivity index (χ3v) is 4.60. The van der Waals surface area contributed by atoms with Gasteiger partial charge in [-0.2, -0.15) is 0 Å². The normalized spacial score (nSPS) is 15.1. The van der Waals surface area contributed by atoms with Crippen molar-refractivity contribution in [3.05, 3.63) is 29.8 Å². The molecule has 0 aromatic heterocycles. The minimum atomic E-state index is 0.0900. The monoisotopic (exact) mass is 345 g/mol. The molecule has 25 heavy (non-hydrogen) atoms. The molecule has 1 aromatic carbocycles. The SMILES string of the molecule is CCCOc1ccc(/C=C/C(=O)N(C(C)C)C2CCCC2)cc1OC. The molecule has 1 aliphatic rings. The van der Waals surface area contributed by atoms with Crippen molar-refractivity contribution in [1.82, 2.24) is 4.90 Å². The number of hydrogen-bond acceptors (Lipinski definition) is 3. The van der Waals surface area contributed by atoms with E-state index in [1.807, 2.05) is 29.2 Å². The predicted octanol–water partition coefficient (Wildman–Crippen LogP) is 4.68. The highest BCUT2D eigenvalue weighted by atomic mass is 16.5. The van der Waals surface area contributed by atoms with E-state index in [9.17, 15) is 4.79 Å². The van der Waals surface area contributed by atoms with Crippen molar-refractivity contribution in [3.8, 4) is 11.5 Å². The van der Waals surface area contributed by atoms with Gasteiger partial charge in [-0.1, -0.05) is 25.8 Å². The van der Waals surface area contributed by atoms with Crippen LogP contribution in [0.4, 0.5) is 0 Å². The van der Waals surface area contributed by atoms with Gasteiger partial charge in [0.25, 0.3) is 0 Å². The zero-order valence-electron chi connectivity index (χ0n) is 16.0. The Morgan fingerprint density at radius 2 is 2.00 bits per heavy atom. The first-order valence-electron chi connectivity index (χ1n) is 9.38. The molecular formula is C21H31NO3. The summed E-state index contributed by atoms with van der Waals surface area (Å²) in [6.07, 6.45) is 9.18. The van der Waals surface area contributed by atoms with E-state index in [0.29, 0.717) is 18.4 Å². The molecule has 0 N–H and O–H groups in total. The Labute approximate surface area is 151 Å². The summed E-state index contributed by atoms with van der Waals surface area (Å²) in [5, 5.41) is 0. The van der Waals surface area contributed by atoms with Crippen molar-refractivity contribution in [1.29, 1.82) is 0 Å². The lowest BCUT2D eigenvalue weighted by atomic mass is 10.1. The molecule has 1 aromatic rings. The summed E-state index contributed by atoms with van der Waals surface area (Å²) in [6.45, 7) is 6.91. The lowest BCUT2D eigenvalue weighted by Crippen LogP contribution is -2.42. The van der Waals surface area contributed by atoms with Crippen molar-refractivity contribution >= 4 is 12.0 Å². The topological polar surface area (TPSA) is 38.8 Å². The van der Waals surface area contributed by atoms with Gasteiger partial charge in [0.1, 0.15) is 0 Å². The fourth-order valence-corrected chi connectivity index (χ4v) is 3.41. The van der Waals surface area contributed by atoms with E-state index in [2.05, 4.69) is 20.8 Å². The van der Waals surface area contributed by atoms with E-state index in [4.69, 9.17) is 9.47 Å². The molecule has 0 unspecified atom stereocenters. The number of rotatable bonds is 8. The molecule has 1 amide bonds. The summed E-state index contributed by atoms with van der Waals surface area (Å²) in [4.78, 5) is 14.7. The van der Waals surface area contributed by atoms with Crippen LogP contribution in [0, 0.1) is 0 Å². The van der Waals surface area contributed by atoms with E-state index >= 15 is 0 Å². The summed E-state index contributed by atoms with van der Waals surface area (Å²) in [5.74, 6) is 1.52. The Balaban J connectivity index is 2.09. The van der Waals surface area contributed by atoms with E-state index in [-0.39, 0.29) is 11.9 Å². The van der Waals surface area contributed by atoms with E-state index in [1.54, 1.807) is 13.2 Å². The average Bonchev–Trinajstić information content (AvgIpc) is 3.12.